The lowest BCUT2D eigenvalue weighted by atomic mass is 9.85. The zero-order chi connectivity index (χ0) is 19.4. The maximum Gasteiger partial charge on any atom is 0.336 e. The Morgan fingerprint density at radius 3 is 2.24 bits per heavy atom. The summed E-state index contributed by atoms with van der Waals surface area (Å²) < 4.78 is 21.8. The van der Waals surface area contributed by atoms with Crippen LogP contribution in [0.25, 0.3) is 0 Å². The molecule has 0 aliphatic rings. The van der Waals surface area contributed by atoms with E-state index in [1.165, 1.54) is 0 Å². The lowest BCUT2D eigenvalue weighted by Gasteiger charge is -2.36. The molecule has 6 heteroatoms. The van der Waals surface area contributed by atoms with Crippen LogP contribution in [0.3, 0.4) is 0 Å². The van der Waals surface area contributed by atoms with Crippen LogP contribution in [0.5, 0.6) is 0 Å². The quantitative estimate of drug-likeness (QED) is 0.390. The third kappa shape index (κ3) is 6.13. The SMILES string of the molecule is C=C(C)C[C@@](N[S+]([O-])C(C)(C)C)(C(=O)OC(C)C)c1ccc(Br)cc1. The highest BCUT2D eigenvalue weighted by molar-refractivity contribution is 9.10. The summed E-state index contributed by atoms with van der Waals surface area (Å²) in [4.78, 5) is 13.1. The zero-order valence-corrected chi connectivity index (χ0v) is 18.2. The molecule has 1 rings (SSSR count). The van der Waals surface area contributed by atoms with E-state index in [2.05, 4.69) is 27.2 Å². The van der Waals surface area contributed by atoms with Crippen molar-refractivity contribution in [3.63, 3.8) is 0 Å². The summed E-state index contributed by atoms with van der Waals surface area (Å²) in [5, 5.41) is 0. The minimum Gasteiger partial charge on any atom is -0.598 e. The summed E-state index contributed by atoms with van der Waals surface area (Å²) in [7, 11) is 0. The fourth-order valence-corrected chi connectivity index (χ4v) is 3.40. The van der Waals surface area contributed by atoms with Crippen LogP contribution in [0.2, 0.25) is 0 Å². The first-order chi connectivity index (χ1) is 11.4. The number of halogens is 1. The molecule has 0 aliphatic heterocycles. The first-order valence-electron chi connectivity index (χ1n) is 8.19. The van der Waals surface area contributed by atoms with Gasteiger partial charge in [0.15, 0.2) is 5.54 Å². The van der Waals surface area contributed by atoms with E-state index in [1.54, 1.807) is 13.8 Å². The van der Waals surface area contributed by atoms with Crippen molar-refractivity contribution in [2.45, 2.75) is 64.4 Å². The molecule has 0 aromatic heterocycles. The maximum atomic E-state index is 13.1. The first kappa shape index (κ1) is 22.2. The van der Waals surface area contributed by atoms with E-state index < -0.39 is 27.6 Å². The van der Waals surface area contributed by atoms with E-state index in [1.807, 2.05) is 52.0 Å². The smallest absolute Gasteiger partial charge is 0.336 e. The second-order valence-corrected chi connectivity index (χ2v) is 10.4. The van der Waals surface area contributed by atoms with Crippen molar-refractivity contribution < 1.29 is 14.1 Å². The van der Waals surface area contributed by atoms with Crippen molar-refractivity contribution >= 4 is 33.3 Å². The number of esters is 1. The van der Waals surface area contributed by atoms with Crippen molar-refractivity contribution in [3.8, 4) is 0 Å². The Morgan fingerprint density at radius 2 is 1.84 bits per heavy atom. The maximum absolute atomic E-state index is 13.1. The predicted octanol–water partition coefficient (Wildman–Crippen LogP) is 4.61. The highest BCUT2D eigenvalue weighted by Crippen LogP contribution is 2.34. The van der Waals surface area contributed by atoms with Crippen LogP contribution in [0.1, 0.15) is 53.5 Å². The summed E-state index contributed by atoms with van der Waals surface area (Å²) in [6.45, 7) is 15.0. The van der Waals surface area contributed by atoms with Crippen LogP contribution in [0.15, 0.2) is 40.9 Å². The Bertz CT molecular complexity index is 610. The molecule has 0 bridgehead atoms. The molecular formula is C19H28BrNO3S. The van der Waals surface area contributed by atoms with Crippen LogP contribution in [0.4, 0.5) is 0 Å². The number of carbonyl (C=O) groups excluding carboxylic acids is 1. The summed E-state index contributed by atoms with van der Waals surface area (Å²) >= 11 is 1.94. The third-order valence-corrected chi connectivity index (χ3v) is 5.59. The van der Waals surface area contributed by atoms with Crippen LogP contribution >= 0.6 is 15.9 Å². The summed E-state index contributed by atoms with van der Waals surface area (Å²) in [6.07, 6.45) is 0.0134. The Labute approximate surface area is 162 Å². The number of hydrogen-bond donors (Lipinski definition) is 1. The molecule has 25 heavy (non-hydrogen) atoms. The van der Waals surface area contributed by atoms with Gasteiger partial charge >= 0.3 is 5.97 Å². The van der Waals surface area contributed by atoms with Crippen LogP contribution in [-0.2, 0) is 26.4 Å². The molecule has 0 fully saturated rings. The average Bonchev–Trinajstić information content (AvgIpc) is 2.44. The van der Waals surface area contributed by atoms with E-state index >= 15 is 0 Å². The van der Waals surface area contributed by atoms with Gasteiger partial charge in [-0.2, -0.15) is 0 Å². The predicted molar refractivity (Wildman–Crippen MR) is 108 cm³/mol. The van der Waals surface area contributed by atoms with Gasteiger partial charge in [-0.1, -0.05) is 33.6 Å². The summed E-state index contributed by atoms with van der Waals surface area (Å²) in [5.74, 6) is -0.453. The average molecular weight is 430 g/mol. The second kappa shape index (κ2) is 8.71. The topological polar surface area (TPSA) is 61.4 Å². The van der Waals surface area contributed by atoms with Gasteiger partial charge < -0.3 is 9.29 Å². The van der Waals surface area contributed by atoms with E-state index in [4.69, 9.17) is 4.74 Å². The molecule has 1 N–H and O–H groups in total. The Balaban J connectivity index is 3.48. The Morgan fingerprint density at radius 1 is 1.32 bits per heavy atom. The Kier molecular flexibility index (Phi) is 7.74. The van der Waals surface area contributed by atoms with Crippen LogP contribution < -0.4 is 4.72 Å². The molecule has 1 aromatic carbocycles. The van der Waals surface area contributed by atoms with Crippen molar-refractivity contribution in [2.75, 3.05) is 0 Å². The summed E-state index contributed by atoms with van der Waals surface area (Å²) in [6, 6.07) is 7.38. The minimum atomic E-state index is -1.47. The molecule has 1 unspecified atom stereocenters. The molecule has 2 atom stereocenters. The minimum absolute atomic E-state index is 0.280. The monoisotopic (exact) mass is 429 g/mol. The fourth-order valence-electron chi connectivity index (χ4n) is 2.24. The van der Waals surface area contributed by atoms with Gasteiger partial charge in [-0.25, -0.2) is 4.79 Å². The molecule has 0 heterocycles. The van der Waals surface area contributed by atoms with Crippen molar-refractivity contribution in [3.05, 3.63) is 46.5 Å². The van der Waals surface area contributed by atoms with Crippen molar-refractivity contribution in [1.29, 1.82) is 0 Å². The van der Waals surface area contributed by atoms with E-state index in [9.17, 15) is 9.35 Å². The van der Waals surface area contributed by atoms with Gasteiger partial charge in [-0.05, 0) is 59.2 Å². The molecule has 140 valence electrons. The number of nitrogens with one attached hydrogen (secondary N) is 1. The molecule has 4 nitrogen and oxygen atoms in total. The van der Waals surface area contributed by atoms with Gasteiger partial charge in [0.2, 0.25) is 0 Å². The number of rotatable bonds is 7. The molecule has 0 amide bonds. The van der Waals surface area contributed by atoms with Crippen molar-refractivity contribution in [2.24, 2.45) is 0 Å². The molecular weight excluding hydrogens is 402 g/mol. The molecule has 0 saturated carbocycles. The first-order valence-corrected chi connectivity index (χ1v) is 10.1. The summed E-state index contributed by atoms with van der Waals surface area (Å²) in [5.41, 5.74) is 0.235. The van der Waals surface area contributed by atoms with Gasteiger partial charge in [-0.3, -0.25) is 0 Å². The molecule has 0 saturated heterocycles. The van der Waals surface area contributed by atoms with Gasteiger partial charge in [0, 0.05) is 22.3 Å². The highest BCUT2D eigenvalue weighted by atomic mass is 79.9. The van der Waals surface area contributed by atoms with Gasteiger partial charge in [0.25, 0.3) is 0 Å². The van der Waals surface area contributed by atoms with Crippen LogP contribution in [-0.4, -0.2) is 21.4 Å². The van der Waals surface area contributed by atoms with E-state index in [0.29, 0.717) is 12.0 Å². The Hall–Kier alpha value is -0.820. The zero-order valence-electron chi connectivity index (χ0n) is 15.8. The molecule has 1 aromatic rings. The lowest BCUT2D eigenvalue weighted by Crippen LogP contribution is -2.56. The molecule has 0 radical (unpaired) electrons. The number of hydrogen-bond acceptors (Lipinski definition) is 4. The second-order valence-electron chi connectivity index (χ2n) is 7.48. The number of carbonyl (C=O) groups is 1. The van der Waals surface area contributed by atoms with Gasteiger partial charge in [0.1, 0.15) is 4.75 Å². The van der Waals surface area contributed by atoms with Gasteiger partial charge in [0.05, 0.1) is 6.10 Å². The normalized spacial score (nSPS) is 15.6. The van der Waals surface area contributed by atoms with E-state index in [0.717, 1.165) is 10.0 Å². The van der Waals surface area contributed by atoms with Gasteiger partial charge in [-0.15, -0.1) is 11.3 Å². The fraction of sp³-hybridized carbons (Fsp3) is 0.526. The molecule has 0 spiro atoms. The third-order valence-electron chi connectivity index (χ3n) is 3.42. The molecule has 0 aliphatic carbocycles. The number of ether oxygens (including phenoxy) is 1. The van der Waals surface area contributed by atoms with Crippen molar-refractivity contribution in [1.82, 2.24) is 4.72 Å². The lowest BCUT2D eigenvalue weighted by molar-refractivity contribution is -0.155. The van der Waals surface area contributed by atoms with Crippen LogP contribution in [0, 0.1) is 0 Å². The highest BCUT2D eigenvalue weighted by Gasteiger charge is 2.48. The van der Waals surface area contributed by atoms with E-state index in [-0.39, 0.29) is 6.10 Å². The standard InChI is InChI=1S/C19H28BrNO3S/c1-13(2)12-19(17(22)24-14(3)4,21-25(23)18(5,6)7)15-8-10-16(20)11-9-15/h8-11,14,21H,1,12H2,2-7H3/t19-,25?/m0/s1. The number of benzene rings is 1. The largest absolute Gasteiger partial charge is 0.598 e.